The molecule has 5 heteroatoms. The largest absolute Gasteiger partial charge is 0.493 e. The molecule has 25 heavy (non-hydrogen) atoms. The fourth-order valence-corrected chi connectivity index (χ4v) is 5.43. The van der Waals surface area contributed by atoms with Crippen LogP contribution in [0.5, 0.6) is 11.5 Å². The van der Waals surface area contributed by atoms with E-state index in [4.69, 9.17) is 18.9 Å². The Labute approximate surface area is 148 Å². The highest BCUT2D eigenvalue weighted by Crippen LogP contribution is 2.65. The number of aryl methyl sites for hydroxylation is 1. The number of ether oxygens (including phenoxy) is 4. The average molecular weight is 343 g/mol. The van der Waals surface area contributed by atoms with Crippen LogP contribution in [-0.2, 0) is 21.4 Å². The number of fused-ring (bicyclic) bond motifs is 1. The summed E-state index contributed by atoms with van der Waals surface area (Å²) >= 11 is 0. The van der Waals surface area contributed by atoms with Crippen molar-refractivity contribution in [3.8, 4) is 11.5 Å². The number of methoxy groups -OCH3 is 3. The number of rotatable bonds is 3. The molecule has 4 atom stereocenters. The Balaban J connectivity index is 1.75. The second kappa shape index (κ2) is 5.22. The maximum atomic E-state index is 6.28. The second-order valence-corrected chi connectivity index (χ2v) is 7.51. The zero-order valence-corrected chi connectivity index (χ0v) is 15.1. The topological polar surface area (TPSA) is 43.5 Å². The summed E-state index contributed by atoms with van der Waals surface area (Å²) in [5, 5.41) is 0. The standard InChI is InChI=1S/C20H25NO4/c1-22-14-6-7-20-18(25-20)12-21-8-4-5-13-9-16(23-2)17(24-3)10-15(13)19(20,21)11-14/h6-7,9-10,14,18H,4-5,8,11-12H2,1-3H3/t14-,18?,19-,20?/m1/s1. The van der Waals surface area contributed by atoms with Crippen molar-refractivity contribution < 1.29 is 18.9 Å². The Morgan fingerprint density at radius 3 is 2.72 bits per heavy atom. The van der Waals surface area contributed by atoms with E-state index >= 15 is 0 Å². The minimum atomic E-state index is -0.208. The molecular formula is C20H25NO4. The van der Waals surface area contributed by atoms with Crippen LogP contribution in [0.2, 0.25) is 0 Å². The summed E-state index contributed by atoms with van der Waals surface area (Å²) in [6.45, 7) is 2.08. The van der Waals surface area contributed by atoms with Gasteiger partial charge in [0.15, 0.2) is 11.5 Å². The quantitative estimate of drug-likeness (QED) is 0.622. The summed E-state index contributed by atoms with van der Waals surface area (Å²) < 4.78 is 23.2. The molecule has 0 amide bonds. The van der Waals surface area contributed by atoms with Gasteiger partial charge in [0.1, 0.15) is 11.7 Å². The number of benzene rings is 1. The van der Waals surface area contributed by atoms with E-state index in [9.17, 15) is 0 Å². The van der Waals surface area contributed by atoms with Crippen molar-refractivity contribution in [1.29, 1.82) is 0 Å². The van der Waals surface area contributed by atoms with Gasteiger partial charge in [-0.15, -0.1) is 0 Å². The number of morpholine rings is 1. The smallest absolute Gasteiger partial charge is 0.161 e. The first-order chi connectivity index (χ1) is 12.2. The third-order valence-electron chi connectivity index (χ3n) is 6.62. The molecule has 1 aromatic carbocycles. The number of hydrogen-bond donors (Lipinski definition) is 0. The van der Waals surface area contributed by atoms with Gasteiger partial charge in [0.05, 0.1) is 25.9 Å². The molecule has 5 nitrogen and oxygen atoms in total. The molecule has 0 N–H and O–H groups in total. The molecule has 1 aromatic rings. The van der Waals surface area contributed by atoms with Gasteiger partial charge in [-0.1, -0.05) is 6.08 Å². The maximum Gasteiger partial charge on any atom is 0.161 e. The Morgan fingerprint density at radius 2 is 1.96 bits per heavy atom. The highest BCUT2D eigenvalue weighted by Gasteiger charge is 2.77. The first-order valence-corrected chi connectivity index (χ1v) is 9.09. The fraction of sp³-hybridized carbons (Fsp3) is 0.600. The lowest BCUT2D eigenvalue weighted by Gasteiger charge is -2.47. The highest BCUT2D eigenvalue weighted by molar-refractivity contribution is 5.55. The van der Waals surface area contributed by atoms with E-state index in [1.807, 2.05) is 0 Å². The van der Waals surface area contributed by atoms with Gasteiger partial charge in [-0.2, -0.15) is 0 Å². The molecule has 5 rings (SSSR count). The van der Waals surface area contributed by atoms with E-state index in [0.29, 0.717) is 6.10 Å². The van der Waals surface area contributed by atoms with Crippen LogP contribution in [0.15, 0.2) is 24.3 Å². The van der Waals surface area contributed by atoms with Crippen LogP contribution in [0, 0.1) is 0 Å². The SMILES string of the molecule is COc1cc2c(cc1OC)[C@]13C[C@H](OC)C=CC14OC4CN3CCC2. The monoisotopic (exact) mass is 343 g/mol. The summed E-state index contributed by atoms with van der Waals surface area (Å²) in [5.41, 5.74) is 2.30. The first kappa shape index (κ1) is 15.7. The normalized spacial score (nSPS) is 38.2. The highest BCUT2D eigenvalue weighted by atomic mass is 16.6. The van der Waals surface area contributed by atoms with Crippen LogP contribution < -0.4 is 9.47 Å². The summed E-state index contributed by atoms with van der Waals surface area (Å²) in [5.74, 6) is 1.60. The van der Waals surface area contributed by atoms with E-state index in [1.54, 1.807) is 21.3 Å². The molecule has 134 valence electrons. The molecule has 4 aliphatic rings. The summed E-state index contributed by atoms with van der Waals surface area (Å²) in [6, 6.07) is 4.35. The van der Waals surface area contributed by atoms with Gasteiger partial charge in [-0.25, -0.2) is 0 Å². The zero-order valence-electron chi connectivity index (χ0n) is 15.1. The second-order valence-electron chi connectivity index (χ2n) is 7.51. The fourth-order valence-electron chi connectivity index (χ4n) is 5.43. The van der Waals surface area contributed by atoms with Crippen LogP contribution in [0.25, 0.3) is 0 Å². The number of epoxide rings is 1. The lowest BCUT2D eigenvalue weighted by molar-refractivity contribution is -0.0222. The molecule has 0 saturated carbocycles. The molecule has 2 unspecified atom stereocenters. The third kappa shape index (κ3) is 1.84. The van der Waals surface area contributed by atoms with Gasteiger partial charge in [-0.05, 0) is 48.7 Å². The first-order valence-electron chi connectivity index (χ1n) is 9.09. The van der Waals surface area contributed by atoms with Crippen molar-refractivity contribution >= 4 is 0 Å². The Kier molecular flexibility index (Phi) is 3.28. The van der Waals surface area contributed by atoms with E-state index in [-0.39, 0.29) is 17.2 Å². The summed E-state index contributed by atoms with van der Waals surface area (Å²) in [4.78, 5) is 2.63. The maximum absolute atomic E-state index is 6.28. The van der Waals surface area contributed by atoms with Gasteiger partial charge in [0, 0.05) is 20.1 Å². The van der Waals surface area contributed by atoms with Crippen LogP contribution in [0.1, 0.15) is 24.0 Å². The molecular weight excluding hydrogens is 318 g/mol. The minimum absolute atomic E-state index is 0.107. The van der Waals surface area contributed by atoms with Crippen LogP contribution >= 0.6 is 0 Å². The van der Waals surface area contributed by atoms with Crippen molar-refractivity contribution in [2.24, 2.45) is 0 Å². The van der Waals surface area contributed by atoms with Gasteiger partial charge >= 0.3 is 0 Å². The molecule has 3 heterocycles. The van der Waals surface area contributed by atoms with Gasteiger partial charge < -0.3 is 18.9 Å². The molecule has 2 saturated heterocycles. The van der Waals surface area contributed by atoms with E-state index < -0.39 is 0 Å². The van der Waals surface area contributed by atoms with Crippen molar-refractivity contribution in [2.75, 3.05) is 34.4 Å². The molecule has 0 aromatic heterocycles. The van der Waals surface area contributed by atoms with E-state index in [0.717, 1.165) is 43.9 Å². The summed E-state index contributed by atoms with van der Waals surface area (Å²) in [7, 11) is 5.20. The van der Waals surface area contributed by atoms with Crippen molar-refractivity contribution in [3.63, 3.8) is 0 Å². The zero-order chi connectivity index (χ0) is 17.2. The van der Waals surface area contributed by atoms with Crippen molar-refractivity contribution in [1.82, 2.24) is 4.90 Å². The molecule has 0 bridgehead atoms. The van der Waals surface area contributed by atoms with Gasteiger partial charge in [0.2, 0.25) is 0 Å². The molecule has 1 aliphatic carbocycles. The van der Waals surface area contributed by atoms with Gasteiger partial charge in [-0.3, -0.25) is 4.90 Å². The third-order valence-corrected chi connectivity index (χ3v) is 6.62. The summed E-state index contributed by atoms with van der Waals surface area (Å²) in [6.07, 6.45) is 7.96. The Hall–Kier alpha value is -1.56. The predicted molar refractivity (Wildman–Crippen MR) is 93.3 cm³/mol. The Morgan fingerprint density at radius 1 is 1.16 bits per heavy atom. The lowest BCUT2D eigenvalue weighted by Crippen LogP contribution is -2.54. The average Bonchev–Trinajstić information content (AvgIpc) is 3.30. The van der Waals surface area contributed by atoms with Crippen LogP contribution in [0.3, 0.4) is 0 Å². The van der Waals surface area contributed by atoms with Crippen LogP contribution in [0.4, 0.5) is 0 Å². The molecule has 3 aliphatic heterocycles. The predicted octanol–water partition coefficient (Wildman–Crippen LogP) is 2.27. The van der Waals surface area contributed by atoms with E-state index in [2.05, 4.69) is 29.2 Å². The van der Waals surface area contributed by atoms with E-state index in [1.165, 1.54) is 11.1 Å². The number of nitrogens with zero attached hydrogens (tertiary/aromatic N) is 1. The van der Waals surface area contributed by atoms with Crippen LogP contribution in [-0.4, -0.2) is 57.1 Å². The molecule has 0 radical (unpaired) electrons. The Bertz CT molecular complexity index is 747. The molecule has 2 spiro atoms. The minimum Gasteiger partial charge on any atom is -0.493 e. The molecule has 2 fully saturated rings. The lowest BCUT2D eigenvalue weighted by atomic mass is 9.69. The number of hydrogen-bond acceptors (Lipinski definition) is 5. The van der Waals surface area contributed by atoms with Gasteiger partial charge in [0.25, 0.3) is 0 Å². The van der Waals surface area contributed by atoms with Crippen molar-refractivity contribution in [3.05, 3.63) is 35.4 Å². The van der Waals surface area contributed by atoms with Crippen molar-refractivity contribution in [2.45, 2.75) is 42.6 Å².